The van der Waals surface area contributed by atoms with Crippen LogP contribution in [0.25, 0.3) is 0 Å². The molecule has 1 saturated heterocycles. The van der Waals surface area contributed by atoms with Crippen LogP contribution in [0, 0.1) is 0 Å². The highest BCUT2D eigenvalue weighted by Gasteiger charge is 2.19. The van der Waals surface area contributed by atoms with Gasteiger partial charge in [0.25, 0.3) is 0 Å². The quantitative estimate of drug-likeness (QED) is 0.591. The van der Waals surface area contributed by atoms with Gasteiger partial charge in [0, 0.05) is 32.6 Å². The van der Waals surface area contributed by atoms with Gasteiger partial charge in [0.15, 0.2) is 0 Å². The van der Waals surface area contributed by atoms with Gasteiger partial charge in [-0.3, -0.25) is 14.4 Å². The molecular formula is C16H21N3O3. The van der Waals surface area contributed by atoms with Gasteiger partial charge in [0.05, 0.1) is 0 Å². The predicted octanol–water partition coefficient (Wildman–Crippen LogP) is 0.432. The fraction of sp³-hybridized carbons (Fsp3) is 0.438. The number of benzene rings is 1. The molecule has 118 valence electrons. The van der Waals surface area contributed by atoms with Crippen LogP contribution >= 0.6 is 0 Å². The number of carbonyl (C=O) groups is 3. The van der Waals surface area contributed by atoms with Gasteiger partial charge in [0.2, 0.25) is 5.91 Å². The first-order valence-corrected chi connectivity index (χ1v) is 7.54. The van der Waals surface area contributed by atoms with E-state index in [1.54, 1.807) is 4.90 Å². The smallest absolute Gasteiger partial charge is 0.309 e. The Bertz CT molecular complexity index is 531. The Labute approximate surface area is 129 Å². The monoisotopic (exact) mass is 303 g/mol. The molecule has 22 heavy (non-hydrogen) atoms. The van der Waals surface area contributed by atoms with Crippen LogP contribution in [0.3, 0.4) is 0 Å². The molecule has 1 aliphatic heterocycles. The van der Waals surface area contributed by atoms with Crippen LogP contribution in [0.5, 0.6) is 0 Å². The number of amides is 3. The van der Waals surface area contributed by atoms with Gasteiger partial charge >= 0.3 is 11.8 Å². The molecule has 1 aromatic rings. The molecule has 3 amide bonds. The SMILES string of the molecule is O=C(NCCCN1CCCC1=O)C(=O)NCc1ccccc1. The molecule has 1 fully saturated rings. The van der Waals surface area contributed by atoms with Gasteiger partial charge in [-0.15, -0.1) is 0 Å². The molecule has 1 heterocycles. The van der Waals surface area contributed by atoms with Gasteiger partial charge in [-0.05, 0) is 18.4 Å². The summed E-state index contributed by atoms with van der Waals surface area (Å²) >= 11 is 0. The summed E-state index contributed by atoms with van der Waals surface area (Å²) in [6.07, 6.45) is 2.19. The van der Waals surface area contributed by atoms with Crippen LogP contribution in [0.1, 0.15) is 24.8 Å². The van der Waals surface area contributed by atoms with Crippen molar-refractivity contribution in [1.29, 1.82) is 0 Å². The minimum absolute atomic E-state index is 0.173. The summed E-state index contributed by atoms with van der Waals surface area (Å²) in [6.45, 7) is 2.14. The molecule has 2 rings (SSSR count). The number of carbonyl (C=O) groups excluding carboxylic acids is 3. The average molecular weight is 303 g/mol. The maximum Gasteiger partial charge on any atom is 0.309 e. The number of likely N-dealkylation sites (tertiary alicyclic amines) is 1. The van der Waals surface area contributed by atoms with Gasteiger partial charge in [-0.25, -0.2) is 0 Å². The summed E-state index contributed by atoms with van der Waals surface area (Å²) < 4.78 is 0. The lowest BCUT2D eigenvalue weighted by atomic mass is 10.2. The second-order valence-electron chi connectivity index (χ2n) is 5.26. The van der Waals surface area contributed by atoms with Crippen LogP contribution in [-0.2, 0) is 20.9 Å². The van der Waals surface area contributed by atoms with Crippen LogP contribution in [0.4, 0.5) is 0 Å². The third-order valence-corrected chi connectivity index (χ3v) is 3.56. The van der Waals surface area contributed by atoms with Crippen molar-refractivity contribution >= 4 is 17.7 Å². The molecule has 2 N–H and O–H groups in total. The number of nitrogens with zero attached hydrogens (tertiary/aromatic N) is 1. The minimum atomic E-state index is -0.638. The van der Waals surface area contributed by atoms with Crippen molar-refractivity contribution in [3.8, 4) is 0 Å². The van der Waals surface area contributed by atoms with E-state index < -0.39 is 11.8 Å². The van der Waals surface area contributed by atoms with Crippen molar-refractivity contribution in [2.75, 3.05) is 19.6 Å². The second kappa shape index (κ2) is 8.17. The van der Waals surface area contributed by atoms with Crippen molar-refractivity contribution in [3.63, 3.8) is 0 Å². The average Bonchev–Trinajstić information content (AvgIpc) is 2.95. The van der Waals surface area contributed by atoms with E-state index in [-0.39, 0.29) is 5.91 Å². The molecule has 0 atom stereocenters. The van der Waals surface area contributed by atoms with E-state index in [4.69, 9.17) is 0 Å². The first-order valence-electron chi connectivity index (χ1n) is 7.54. The van der Waals surface area contributed by atoms with E-state index in [1.165, 1.54) is 0 Å². The van der Waals surface area contributed by atoms with E-state index >= 15 is 0 Å². The Morgan fingerprint density at radius 3 is 2.50 bits per heavy atom. The van der Waals surface area contributed by atoms with Crippen LogP contribution in [-0.4, -0.2) is 42.3 Å². The Morgan fingerprint density at radius 2 is 1.82 bits per heavy atom. The van der Waals surface area contributed by atoms with E-state index in [0.29, 0.717) is 32.5 Å². The fourth-order valence-corrected chi connectivity index (χ4v) is 2.35. The Balaban J connectivity index is 1.60. The molecule has 6 nitrogen and oxygen atoms in total. The zero-order valence-corrected chi connectivity index (χ0v) is 12.5. The molecule has 0 spiro atoms. The molecule has 0 radical (unpaired) electrons. The number of hydrogen-bond donors (Lipinski definition) is 2. The Kier molecular flexibility index (Phi) is 5.94. The number of rotatable bonds is 6. The van der Waals surface area contributed by atoms with E-state index in [1.807, 2.05) is 30.3 Å². The molecule has 6 heteroatoms. The third kappa shape index (κ3) is 4.87. The summed E-state index contributed by atoms with van der Waals surface area (Å²) in [6, 6.07) is 9.40. The summed E-state index contributed by atoms with van der Waals surface area (Å²) in [7, 11) is 0. The Morgan fingerprint density at radius 1 is 1.09 bits per heavy atom. The lowest BCUT2D eigenvalue weighted by molar-refractivity contribution is -0.139. The molecule has 1 aliphatic rings. The second-order valence-corrected chi connectivity index (χ2v) is 5.26. The summed E-state index contributed by atoms with van der Waals surface area (Å²) in [5.74, 6) is -1.10. The van der Waals surface area contributed by atoms with Crippen LogP contribution < -0.4 is 10.6 Å². The first kappa shape index (κ1) is 16.0. The van der Waals surface area contributed by atoms with Gasteiger partial charge in [-0.1, -0.05) is 30.3 Å². The molecule has 1 aromatic carbocycles. The van der Waals surface area contributed by atoms with Crippen LogP contribution in [0.15, 0.2) is 30.3 Å². The largest absolute Gasteiger partial charge is 0.348 e. The third-order valence-electron chi connectivity index (χ3n) is 3.56. The number of hydrogen-bond acceptors (Lipinski definition) is 3. The highest BCUT2D eigenvalue weighted by Crippen LogP contribution is 2.09. The number of nitrogens with one attached hydrogen (secondary N) is 2. The highest BCUT2D eigenvalue weighted by atomic mass is 16.2. The van der Waals surface area contributed by atoms with Gasteiger partial charge < -0.3 is 15.5 Å². The van der Waals surface area contributed by atoms with Crippen molar-refractivity contribution in [2.45, 2.75) is 25.8 Å². The normalized spacial score (nSPS) is 14.0. The molecular weight excluding hydrogens is 282 g/mol. The van der Waals surface area contributed by atoms with Crippen LogP contribution in [0.2, 0.25) is 0 Å². The lowest BCUT2D eigenvalue weighted by Crippen LogP contribution is -2.40. The van der Waals surface area contributed by atoms with Gasteiger partial charge in [0.1, 0.15) is 0 Å². The summed E-state index contributed by atoms with van der Waals surface area (Å²) in [4.78, 5) is 36.5. The standard InChI is InChI=1S/C16H21N3O3/c20-14-8-4-10-19(14)11-5-9-17-15(21)16(22)18-12-13-6-2-1-3-7-13/h1-3,6-7H,4-5,8-12H2,(H,17,21)(H,18,22). The maximum absolute atomic E-state index is 11.6. The van der Waals surface area contributed by atoms with Crippen molar-refractivity contribution in [2.24, 2.45) is 0 Å². The summed E-state index contributed by atoms with van der Waals surface area (Å²) in [5, 5.41) is 5.14. The molecule has 0 saturated carbocycles. The van der Waals surface area contributed by atoms with Crippen molar-refractivity contribution in [1.82, 2.24) is 15.5 Å². The lowest BCUT2D eigenvalue weighted by Gasteiger charge is -2.15. The van der Waals surface area contributed by atoms with Crippen molar-refractivity contribution in [3.05, 3.63) is 35.9 Å². The van der Waals surface area contributed by atoms with Crippen molar-refractivity contribution < 1.29 is 14.4 Å². The van der Waals surface area contributed by atoms with E-state index in [9.17, 15) is 14.4 Å². The topological polar surface area (TPSA) is 78.5 Å². The fourth-order valence-electron chi connectivity index (χ4n) is 2.35. The molecule has 0 unspecified atom stereocenters. The van der Waals surface area contributed by atoms with E-state index in [2.05, 4.69) is 10.6 Å². The predicted molar refractivity (Wildman–Crippen MR) is 81.7 cm³/mol. The highest BCUT2D eigenvalue weighted by molar-refractivity contribution is 6.35. The van der Waals surface area contributed by atoms with Gasteiger partial charge in [-0.2, -0.15) is 0 Å². The summed E-state index contributed by atoms with van der Waals surface area (Å²) in [5.41, 5.74) is 0.941. The zero-order valence-electron chi connectivity index (χ0n) is 12.5. The molecule has 0 aliphatic carbocycles. The minimum Gasteiger partial charge on any atom is -0.348 e. The maximum atomic E-state index is 11.6. The Hall–Kier alpha value is -2.37. The van der Waals surface area contributed by atoms with E-state index in [0.717, 1.165) is 18.5 Å². The zero-order chi connectivity index (χ0) is 15.8. The molecule has 0 bridgehead atoms. The molecule has 0 aromatic heterocycles. The first-order chi connectivity index (χ1) is 10.7.